The van der Waals surface area contributed by atoms with Crippen molar-refractivity contribution in [2.24, 2.45) is 5.84 Å². The van der Waals surface area contributed by atoms with E-state index in [0.29, 0.717) is 11.9 Å². The number of rotatable bonds is 5. The van der Waals surface area contributed by atoms with Crippen LogP contribution < -0.4 is 11.3 Å². The second-order valence-electron chi connectivity index (χ2n) is 4.44. The third-order valence-corrected chi connectivity index (χ3v) is 4.05. The van der Waals surface area contributed by atoms with Crippen LogP contribution in [0.4, 0.5) is 5.82 Å². The maximum absolute atomic E-state index is 5.51. The topological polar surface area (TPSA) is 67.1 Å². The number of fused-ring (bicyclic) bond motifs is 1. The van der Waals surface area contributed by atoms with Crippen LogP contribution >= 0.6 is 11.3 Å². The zero-order valence-electron chi connectivity index (χ0n) is 11.0. The van der Waals surface area contributed by atoms with E-state index in [-0.39, 0.29) is 0 Å². The van der Waals surface area contributed by atoms with Crippen molar-refractivity contribution in [3.05, 3.63) is 17.3 Å². The average molecular weight is 265 g/mol. The van der Waals surface area contributed by atoms with E-state index in [9.17, 15) is 0 Å². The Balaban J connectivity index is 2.28. The molecule has 0 bridgehead atoms. The van der Waals surface area contributed by atoms with Crippen molar-refractivity contribution in [2.45, 2.75) is 32.9 Å². The van der Waals surface area contributed by atoms with Crippen LogP contribution in [0.5, 0.6) is 0 Å². The molecule has 2 heterocycles. The molecule has 2 rings (SSSR count). The largest absolute Gasteiger partial charge is 0.308 e. The van der Waals surface area contributed by atoms with E-state index in [4.69, 9.17) is 5.84 Å². The number of nitrogen functional groups attached to an aromatic ring is 1. The summed E-state index contributed by atoms with van der Waals surface area (Å²) in [6, 6.07) is 2.50. The van der Waals surface area contributed by atoms with Gasteiger partial charge in [0.1, 0.15) is 10.7 Å². The molecule has 1 unspecified atom stereocenters. The Labute approximate surface area is 111 Å². The normalized spacial score (nSPS) is 13.2. The first-order valence-corrected chi connectivity index (χ1v) is 6.94. The molecule has 18 heavy (non-hydrogen) atoms. The van der Waals surface area contributed by atoms with Crippen molar-refractivity contribution in [2.75, 3.05) is 12.5 Å². The van der Waals surface area contributed by atoms with Crippen LogP contribution in [0.1, 0.15) is 26.1 Å². The van der Waals surface area contributed by atoms with Crippen molar-refractivity contribution < 1.29 is 0 Å². The molecule has 2 aromatic heterocycles. The second kappa shape index (κ2) is 5.60. The standard InChI is InChI=1S/C12H19N5S/c1-4-8(2)17(3)7-10-14-11(16-13)9-5-6-18-12(9)15-10/h5-6,8H,4,7,13H2,1-3H3,(H,14,15,16). The minimum absolute atomic E-state index is 0.516. The highest BCUT2D eigenvalue weighted by atomic mass is 32.1. The molecule has 0 aliphatic carbocycles. The molecule has 0 saturated carbocycles. The fourth-order valence-electron chi connectivity index (χ4n) is 1.77. The Morgan fingerprint density at radius 2 is 2.28 bits per heavy atom. The number of anilines is 1. The third-order valence-electron chi connectivity index (χ3n) is 3.24. The van der Waals surface area contributed by atoms with Gasteiger partial charge in [0.15, 0.2) is 5.82 Å². The Morgan fingerprint density at radius 1 is 1.50 bits per heavy atom. The molecule has 0 radical (unpaired) electrons. The van der Waals surface area contributed by atoms with Gasteiger partial charge in [-0.25, -0.2) is 15.8 Å². The summed E-state index contributed by atoms with van der Waals surface area (Å²) in [4.78, 5) is 12.3. The Hall–Kier alpha value is -1.24. The van der Waals surface area contributed by atoms with Crippen LogP contribution in [0, 0.1) is 0 Å². The Morgan fingerprint density at radius 3 is 2.94 bits per heavy atom. The van der Waals surface area contributed by atoms with Gasteiger partial charge in [-0.05, 0) is 31.8 Å². The fourth-order valence-corrected chi connectivity index (χ4v) is 2.55. The van der Waals surface area contributed by atoms with Gasteiger partial charge in [0.2, 0.25) is 0 Å². The average Bonchev–Trinajstić information content (AvgIpc) is 2.84. The van der Waals surface area contributed by atoms with Gasteiger partial charge in [0.05, 0.1) is 11.9 Å². The highest BCUT2D eigenvalue weighted by molar-refractivity contribution is 7.16. The van der Waals surface area contributed by atoms with E-state index >= 15 is 0 Å². The van der Waals surface area contributed by atoms with Gasteiger partial charge < -0.3 is 5.43 Å². The zero-order valence-corrected chi connectivity index (χ0v) is 11.8. The SMILES string of the molecule is CCC(C)N(C)Cc1nc(NN)c2ccsc2n1. The van der Waals surface area contributed by atoms with Crippen molar-refractivity contribution in [3.8, 4) is 0 Å². The first kappa shape index (κ1) is 13.2. The summed E-state index contributed by atoms with van der Waals surface area (Å²) in [6.07, 6.45) is 1.11. The lowest BCUT2D eigenvalue weighted by molar-refractivity contribution is 0.238. The van der Waals surface area contributed by atoms with Crippen molar-refractivity contribution >= 4 is 27.4 Å². The lowest BCUT2D eigenvalue weighted by Gasteiger charge is -2.22. The summed E-state index contributed by atoms with van der Waals surface area (Å²) in [5.41, 5.74) is 2.65. The summed E-state index contributed by atoms with van der Waals surface area (Å²) in [5.74, 6) is 7.02. The summed E-state index contributed by atoms with van der Waals surface area (Å²) < 4.78 is 0. The van der Waals surface area contributed by atoms with E-state index in [1.807, 2.05) is 11.4 Å². The van der Waals surface area contributed by atoms with Gasteiger partial charge in [0, 0.05) is 6.04 Å². The first-order valence-electron chi connectivity index (χ1n) is 6.06. The minimum Gasteiger partial charge on any atom is -0.308 e. The van der Waals surface area contributed by atoms with Gasteiger partial charge in [-0.15, -0.1) is 11.3 Å². The summed E-state index contributed by atoms with van der Waals surface area (Å²) in [6.45, 7) is 5.11. The van der Waals surface area contributed by atoms with Crippen LogP contribution in [-0.2, 0) is 6.54 Å². The van der Waals surface area contributed by atoms with Crippen molar-refractivity contribution in [3.63, 3.8) is 0 Å². The van der Waals surface area contributed by atoms with Gasteiger partial charge >= 0.3 is 0 Å². The predicted molar refractivity (Wildman–Crippen MR) is 76.4 cm³/mol. The smallest absolute Gasteiger partial charge is 0.152 e. The maximum Gasteiger partial charge on any atom is 0.152 e. The number of nitrogens with one attached hydrogen (secondary N) is 1. The van der Waals surface area contributed by atoms with E-state index in [1.165, 1.54) is 0 Å². The third kappa shape index (κ3) is 2.60. The molecule has 1 atom stereocenters. The molecule has 0 aliphatic heterocycles. The zero-order chi connectivity index (χ0) is 13.1. The number of hydrazine groups is 1. The molecule has 0 amide bonds. The molecule has 0 fully saturated rings. The molecule has 0 aliphatic rings. The second-order valence-corrected chi connectivity index (χ2v) is 5.34. The van der Waals surface area contributed by atoms with Crippen LogP contribution in [0.3, 0.4) is 0 Å². The summed E-state index contributed by atoms with van der Waals surface area (Å²) in [5, 5.41) is 2.99. The van der Waals surface area contributed by atoms with Crippen LogP contribution in [0.15, 0.2) is 11.4 Å². The quantitative estimate of drug-likeness (QED) is 0.641. The predicted octanol–water partition coefficient (Wildman–Crippen LogP) is 2.21. The molecule has 6 heteroatoms. The number of hydrogen-bond acceptors (Lipinski definition) is 6. The molecule has 3 N–H and O–H groups in total. The number of thiophene rings is 1. The molecular weight excluding hydrogens is 246 g/mol. The molecule has 0 aromatic carbocycles. The number of nitrogens with zero attached hydrogens (tertiary/aromatic N) is 3. The fraction of sp³-hybridized carbons (Fsp3) is 0.500. The molecule has 0 spiro atoms. The van der Waals surface area contributed by atoms with E-state index in [2.05, 4.69) is 41.2 Å². The van der Waals surface area contributed by atoms with E-state index in [0.717, 1.165) is 29.0 Å². The Bertz CT molecular complexity index is 524. The van der Waals surface area contributed by atoms with Gasteiger partial charge in [-0.2, -0.15) is 0 Å². The van der Waals surface area contributed by atoms with Crippen LogP contribution in [-0.4, -0.2) is 28.0 Å². The first-order chi connectivity index (χ1) is 8.65. The van der Waals surface area contributed by atoms with Crippen molar-refractivity contribution in [1.29, 1.82) is 0 Å². The number of aromatic nitrogens is 2. The van der Waals surface area contributed by atoms with E-state index < -0.39 is 0 Å². The molecular formula is C12H19N5S. The van der Waals surface area contributed by atoms with Gasteiger partial charge in [-0.1, -0.05) is 6.92 Å². The van der Waals surface area contributed by atoms with Crippen LogP contribution in [0.25, 0.3) is 10.2 Å². The Kier molecular flexibility index (Phi) is 4.11. The number of nitrogens with two attached hydrogens (primary N) is 1. The van der Waals surface area contributed by atoms with E-state index in [1.54, 1.807) is 11.3 Å². The van der Waals surface area contributed by atoms with Crippen LogP contribution in [0.2, 0.25) is 0 Å². The molecule has 5 nitrogen and oxygen atoms in total. The minimum atomic E-state index is 0.516. The monoisotopic (exact) mass is 265 g/mol. The summed E-state index contributed by atoms with van der Waals surface area (Å²) >= 11 is 1.61. The van der Waals surface area contributed by atoms with Gasteiger partial charge in [-0.3, -0.25) is 4.90 Å². The lowest BCUT2D eigenvalue weighted by Crippen LogP contribution is -2.28. The lowest BCUT2D eigenvalue weighted by atomic mass is 10.2. The number of hydrogen-bond donors (Lipinski definition) is 2. The molecule has 98 valence electrons. The van der Waals surface area contributed by atoms with Crippen molar-refractivity contribution in [1.82, 2.24) is 14.9 Å². The molecule has 0 saturated heterocycles. The highest BCUT2D eigenvalue weighted by Crippen LogP contribution is 2.24. The van der Waals surface area contributed by atoms with Gasteiger partial charge in [0.25, 0.3) is 0 Å². The maximum atomic E-state index is 5.51. The summed E-state index contributed by atoms with van der Waals surface area (Å²) in [7, 11) is 2.09. The highest BCUT2D eigenvalue weighted by Gasteiger charge is 2.12. The molecule has 2 aromatic rings.